The lowest BCUT2D eigenvalue weighted by atomic mass is 9.83. The Morgan fingerprint density at radius 2 is 1.95 bits per heavy atom. The third kappa shape index (κ3) is 6.69. The second-order valence-electron chi connectivity index (χ2n) is 10.7. The van der Waals surface area contributed by atoms with Crippen molar-refractivity contribution < 1.29 is 28.3 Å². The number of Topliss-reactive ketones (excluding diaryl/α,β-unsaturated/α-hetero) is 1. The van der Waals surface area contributed by atoms with E-state index in [2.05, 4.69) is 20.5 Å². The van der Waals surface area contributed by atoms with E-state index in [9.17, 15) is 24.0 Å². The van der Waals surface area contributed by atoms with Crippen molar-refractivity contribution in [2.45, 2.75) is 72.1 Å². The molecule has 2 aromatic rings. The fourth-order valence-electron chi connectivity index (χ4n) is 4.28. The third-order valence-corrected chi connectivity index (χ3v) is 7.11. The molecule has 3 amide bonds. The van der Waals surface area contributed by atoms with Crippen molar-refractivity contribution >= 4 is 35.0 Å². The van der Waals surface area contributed by atoms with E-state index in [0.717, 1.165) is 10.2 Å². The van der Waals surface area contributed by atoms with Crippen LogP contribution < -0.4 is 16.4 Å². The number of rotatable bonds is 9. The van der Waals surface area contributed by atoms with Crippen LogP contribution in [0, 0.1) is 11.3 Å². The number of carbonyl (C=O) groups is 4. The minimum Gasteiger partial charge on any atom is -0.453 e. The zero-order valence-electron chi connectivity index (χ0n) is 22.5. The molecule has 2 aromatic heterocycles. The van der Waals surface area contributed by atoms with Crippen molar-refractivity contribution in [2.24, 2.45) is 11.3 Å². The zero-order valence-corrected chi connectivity index (χ0v) is 23.3. The van der Waals surface area contributed by atoms with Crippen molar-refractivity contribution in [1.29, 1.82) is 0 Å². The lowest BCUT2D eigenvalue weighted by Gasteiger charge is -2.33. The highest BCUT2D eigenvalue weighted by Gasteiger charge is 2.42. The number of ether oxygens (including phenoxy) is 1. The SMILES string of the molecule is COC(=O)N[C@H](C(=O)N1CCC[C@H]1C(=O)N[C@H](C(=O)c1nn(Cc2ccsc2)c(=O)o1)C(C)(C)C)C(C)C. The number of carbonyl (C=O) groups excluding carboxylic acids is 4. The molecule has 1 fully saturated rings. The van der Waals surface area contributed by atoms with Crippen molar-refractivity contribution in [2.75, 3.05) is 13.7 Å². The van der Waals surface area contributed by atoms with Gasteiger partial charge >= 0.3 is 11.8 Å². The summed E-state index contributed by atoms with van der Waals surface area (Å²) in [6, 6.07) is -0.944. The summed E-state index contributed by atoms with van der Waals surface area (Å²) in [7, 11) is 1.21. The number of likely N-dealkylation sites (tertiary alicyclic amines) is 1. The summed E-state index contributed by atoms with van der Waals surface area (Å²) in [5.41, 5.74) is 0.0838. The number of ketones is 1. The van der Waals surface area contributed by atoms with Crippen LogP contribution in [0.1, 0.15) is 63.7 Å². The van der Waals surface area contributed by atoms with E-state index >= 15 is 0 Å². The van der Waals surface area contributed by atoms with Gasteiger partial charge in [-0.15, -0.1) is 5.10 Å². The Kier molecular flexibility index (Phi) is 9.13. The highest BCUT2D eigenvalue weighted by molar-refractivity contribution is 7.07. The maximum Gasteiger partial charge on any atom is 0.437 e. The minimum absolute atomic E-state index is 0.154. The predicted octanol–water partition coefficient (Wildman–Crippen LogP) is 2.03. The van der Waals surface area contributed by atoms with E-state index in [1.165, 1.54) is 23.3 Å². The number of nitrogens with one attached hydrogen (secondary N) is 2. The number of nitrogens with zero attached hydrogens (tertiary/aromatic N) is 3. The van der Waals surface area contributed by atoms with Crippen LogP contribution in [0.5, 0.6) is 0 Å². The molecule has 13 heteroatoms. The van der Waals surface area contributed by atoms with Crippen LogP contribution >= 0.6 is 11.3 Å². The number of hydrogen-bond acceptors (Lipinski definition) is 9. The standard InChI is InChI=1S/C25H35N5O7S/c1-14(2)17(26-23(34)36-6)22(33)29-10-7-8-16(29)20(32)27-19(25(3,4)5)18(31)21-28-30(24(35)37-21)12-15-9-11-38-13-15/h9,11,13-14,16-17,19H,7-8,10,12H2,1-6H3,(H,26,34)(H,27,32)/t16-,17-,19+/m0/s1. The summed E-state index contributed by atoms with van der Waals surface area (Å²) in [6.45, 7) is 9.35. The molecule has 0 aromatic carbocycles. The molecule has 1 aliphatic heterocycles. The van der Waals surface area contributed by atoms with Crippen molar-refractivity contribution in [1.82, 2.24) is 25.3 Å². The van der Waals surface area contributed by atoms with Gasteiger partial charge in [-0.25, -0.2) is 9.59 Å². The highest BCUT2D eigenvalue weighted by atomic mass is 32.1. The van der Waals surface area contributed by atoms with E-state index in [0.29, 0.717) is 19.4 Å². The fourth-order valence-corrected chi connectivity index (χ4v) is 4.94. The van der Waals surface area contributed by atoms with Gasteiger partial charge in [0.15, 0.2) is 0 Å². The molecule has 2 N–H and O–H groups in total. The number of aromatic nitrogens is 2. The maximum absolute atomic E-state index is 13.4. The van der Waals surface area contributed by atoms with E-state index in [1.807, 2.05) is 16.8 Å². The van der Waals surface area contributed by atoms with Gasteiger partial charge in [-0.1, -0.05) is 34.6 Å². The highest BCUT2D eigenvalue weighted by Crippen LogP contribution is 2.25. The Morgan fingerprint density at radius 1 is 1.24 bits per heavy atom. The van der Waals surface area contributed by atoms with Crippen molar-refractivity contribution in [3.05, 3.63) is 38.8 Å². The second-order valence-corrected chi connectivity index (χ2v) is 11.5. The van der Waals surface area contributed by atoms with Crippen molar-refractivity contribution in [3.63, 3.8) is 0 Å². The molecule has 3 atom stereocenters. The molecule has 1 saturated heterocycles. The summed E-state index contributed by atoms with van der Waals surface area (Å²) >= 11 is 1.47. The second kappa shape index (κ2) is 11.9. The molecule has 0 aliphatic carbocycles. The molecule has 0 spiro atoms. The van der Waals surface area contributed by atoms with Crippen molar-refractivity contribution in [3.8, 4) is 0 Å². The van der Waals surface area contributed by atoms with Gasteiger partial charge in [-0.05, 0) is 46.6 Å². The average molecular weight is 550 g/mol. The molecule has 0 saturated carbocycles. The van der Waals surface area contributed by atoms with Gasteiger partial charge in [0.2, 0.25) is 17.6 Å². The number of amides is 3. The van der Waals surface area contributed by atoms with Gasteiger partial charge in [0.05, 0.1) is 13.7 Å². The van der Waals surface area contributed by atoms with Gasteiger partial charge in [-0.3, -0.25) is 14.4 Å². The minimum atomic E-state index is -1.07. The number of thiophene rings is 1. The van der Waals surface area contributed by atoms with Gasteiger partial charge in [-0.2, -0.15) is 16.0 Å². The zero-order chi connectivity index (χ0) is 28.2. The molecule has 0 radical (unpaired) electrons. The first kappa shape index (κ1) is 29.1. The Labute approximate surface area is 224 Å². The smallest absolute Gasteiger partial charge is 0.437 e. The van der Waals surface area contributed by atoms with Crippen LogP contribution in [0.2, 0.25) is 0 Å². The van der Waals surface area contributed by atoms with Crippen LogP contribution in [-0.4, -0.2) is 70.2 Å². The average Bonchev–Trinajstić information content (AvgIpc) is 3.61. The van der Waals surface area contributed by atoms with Gasteiger partial charge in [0.1, 0.15) is 18.1 Å². The van der Waals surface area contributed by atoms with E-state index in [1.54, 1.807) is 34.6 Å². The Hall–Kier alpha value is -3.48. The largest absolute Gasteiger partial charge is 0.453 e. The number of methoxy groups -OCH3 is 1. The fraction of sp³-hybridized carbons (Fsp3) is 0.600. The summed E-state index contributed by atoms with van der Waals surface area (Å²) in [4.78, 5) is 65.7. The monoisotopic (exact) mass is 549 g/mol. The predicted molar refractivity (Wildman–Crippen MR) is 139 cm³/mol. The van der Waals surface area contributed by atoms with Gasteiger partial charge in [0, 0.05) is 6.54 Å². The number of alkyl carbamates (subject to hydrolysis) is 1. The molecular formula is C25H35N5O7S. The molecular weight excluding hydrogens is 514 g/mol. The first-order chi connectivity index (χ1) is 17.8. The van der Waals surface area contributed by atoms with E-state index in [-0.39, 0.29) is 12.5 Å². The topological polar surface area (TPSA) is 153 Å². The molecule has 0 bridgehead atoms. The lowest BCUT2D eigenvalue weighted by Crippen LogP contribution is -2.58. The maximum atomic E-state index is 13.4. The summed E-state index contributed by atoms with van der Waals surface area (Å²) in [5.74, 6) is -2.97. The van der Waals surface area contributed by atoms with Crippen LogP contribution in [0.4, 0.5) is 4.79 Å². The first-order valence-corrected chi connectivity index (χ1v) is 13.4. The molecule has 12 nitrogen and oxygen atoms in total. The van der Waals surface area contributed by atoms with Crippen LogP contribution in [0.3, 0.4) is 0 Å². The molecule has 38 heavy (non-hydrogen) atoms. The lowest BCUT2D eigenvalue weighted by molar-refractivity contribution is -0.141. The number of hydrogen-bond donors (Lipinski definition) is 2. The first-order valence-electron chi connectivity index (χ1n) is 12.4. The van der Waals surface area contributed by atoms with Crippen LogP contribution in [-0.2, 0) is 20.9 Å². The quantitative estimate of drug-likeness (QED) is 0.451. The molecule has 3 rings (SSSR count). The van der Waals surface area contributed by atoms with Gasteiger partial charge < -0.3 is 24.7 Å². The molecule has 0 unspecified atom stereocenters. The normalized spacial score (nSPS) is 17.2. The summed E-state index contributed by atoms with van der Waals surface area (Å²) in [6.07, 6.45) is 0.245. The van der Waals surface area contributed by atoms with Crippen LogP contribution in [0.25, 0.3) is 0 Å². The summed E-state index contributed by atoms with van der Waals surface area (Å²) in [5, 5.41) is 13.1. The molecule has 3 heterocycles. The third-order valence-electron chi connectivity index (χ3n) is 6.37. The summed E-state index contributed by atoms with van der Waals surface area (Å²) < 4.78 is 10.9. The van der Waals surface area contributed by atoms with Crippen LogP contribution in [0.15, 0.2) is 26.0 Å². The Bertz CT molecular complexity index is 1210. The van der Waals surface area contributed by atoms with E-state index < -0.39 is 58.9 Å². The Morgan fingerprint density at radius 3 is 2.53 bits per heavy atom. The van der Waals surface area contributed by atoms with Gasteiger partial charge in [0.25, 0.3) is 5.89 Å². The molecule has 208 valence electrons. The molecule has 1 aliphatic rings. The Balaban J connectivity index is 1.79. The van der Waals surface area contributed by atoms with E-state index in [4.69, 9.17) is 4.42 Å².